The average Bonchev–Trinajstić information content (AvgIpc) is 3.39. The lowest BCUT2D eigenvalue weighted by Crippen LogP contribution is -2.46. The number of halogens is 1. The number of amides is 2. The number of carbonyl (C=O) groups excluding carboxylic acids is 2. The van der Waals surface area contributed by atoms with Gasteiger partial charge in [-0.1, -0.05) is 0 Å². The van der Waals surface area contributed by atoms with Gasteiger partial charge in [0.2, 0.25) is 5.91 Å². The molecule has 2 aliphatic rings. The van der Waals surface area contributed by atoms with E-state index in [1.165, 1.54) is 11.2 Å². The second-order valence-corrected chi connectivity index (χ2v) is 7.65. The zero-order valence-corrected chi connectivity index (χ0v) is 16.3. The maximum Gasteiger partial charge on any atom is 0.255 e. The summed E-state index contributed by atoms with van der Waals surface area (Å²) >= 11 is 0. The number of nitrogens with one attached hydrogen (secondary N) is 1. The van der Waals surface area contributed by atoms with E-state index in [1.54, 1.807) is 25.3 Å². The van der Waals surface area contributed by atoms with E-state index < -0.39 is 12.3 Å². The Bertz CT molecular complexity index is 917. The van der Waals surface area contributed by atoms with Crippen molar-refractivity contribution < 1.29 is 23.1 Å². The molecule has 2 fully saturated rings. The first-order valence-electron chi connectivity index (χ1n) is 9.72. The second kappa shape index (κ2) is 8.00. The minimum absolute atomic E-state index is 0.0619. The van der Waals surface area contributed by atoms with Gasteiger partial charge in [-0.3, -0.25) is 14.5 Å². The van der Waals surface area contributed by atoms with Crippen molar-refractivity contribution in [2.75, 3.05) is 33.3 Å². The molecule has 156 valence electrons. The number of hydrogen-bond donors (Lipinski definition) is 2. The highest BCUT2D eigenvalue weighted by atomic mass is 19.1. The topological polar surface area (TPSA) is 101 Å². The van der Waals surface area contributed by atoms with Crippen LogP contribution in [0.3, 0.4) is 0 Å². The molecule has 3 heterocycles. The zero-order chi connectivity index (χ0) is 20.5. The molecule has 3 atom stereocenters. The van der Waals surface area contributed by atoms with Crippen LogP contribution in [0, 0.1) is 0 Å². The van der Waals surface area contributed by atoms with Crippen LogP contribution in [0.5, 0.6) is 5.75 Å². The third-order valence-corrected chi connectivity index (χ3v) is 5.61. The van der Waals surface area contributed by atoms with E-state index in [0.29, 0.717) is 30.0 Å². The van der Waals surface area contributed by atoms with Gasteiger partial charge in [-0.15, -0.1) is 0 Å². The van der Waals surface area contributed by atoms with Crippen LogP contribution >= 0.6 is 0 Å². The largest absolute Gasteiger partial charge is 0.497 e. The predicted octanol–water partition coefficient (Wildman–Crippen LogP) is 1.10. The first-order valence-corrected chi connectivity index (χ1v) is 9.72. The summed E-state index contributed by atoms with van der Waals surface area (Å²) in [6, 6.07) is 5.24. The van der Waals surface area contributed by atoms with Crippen molar-refractivity contribution in [3.05, 3.63) is 30.0 Å². The molecule has 1 aromatic carbocycles. The van der Waals surface area contributed by atoms with E-state index in [-0.39, 0.29) is 37.4 Å². The molecule has 2 amide bonds. The van der Waals surface area contributed by atoms with Crippen molar-refractivity contribution in [3.63, 3.8) is 0 Å². The molecule has 2 saturated heterocycles. The van der Waals surface area contributed by atoms with Gasteiger partial charge in [-0.05, 0) is 18.6 Å². The fraction of sp³-hybridized carbons (Fsp3) is 0.500. The van der Waals surface area contributed by atoms with Gasteiger partial charge in [0.15, 0.2) is 0 Å². The van der Waals surface area contributed by atoms with Crippen molar-refractivity contribution in [1.82, 2.24) is 15.1 Å². The van der Waals surface area contributed by atoms with Crippen LogP contribution in [0.1, 0.15) is 23.2 Å². The number of nitrogens with two attached hydrogens (primary N) is 1. The van der Waals surface area contributed by atoms with Gasteiger partial charge in [0, 0.05) is 37.0 Å². The second-order valence-electron chi connectivity index (χ2n) is 7.65. The monoisotopic (exact) mass is 404 g/mol. The summed E-state index contributed by atoms with van der Waals surface area (Å²) in [7, 11) is 1.57. The van der Waals surface area contributed by atoms with Crippen molar-refractivity contribution in [1.29, 1.82) is 0 Å². The smallest absolute Gasteiger partial charge is 0.255 e. The van der Waals surface area contributed by atoms with Crippen LogP contribution in [0.15, 0.2) is 28.9 Å². The molecule has 3 N–H and O–H groups in total. The number of fused-ring (bicyclic) bond motifs is 1. The average molecular weight is 404 g/mol. The molecule has 0 spiro atoms. The highest BCUT2D eigenvalue weighted by Gasteiger charge is 2.34. The molecule has 0 unspecified atom stereocenters. The molecule has 1 aromatic heterocycles. The number of alkyl halides is 1. The summed E-state index contributed by atoms with van der Waals surface area (Å²) in [4.78, 5) is 28.5. The first-order chi connectivity index (χ1) is 13.9. The maximum absolute atomic E-state index is 13.4. The Kier molecular flexibility index (Phi) is 5.42. The lowest BCUT2D eigenvalue weighted by atomic mass is 10.1. The van der Waals surface area contributed by atoms with Crippen molar-refractivity contribution in [2.24, 2.45) is 5.73 Å². The van der Waals surface area contributed by atoms with Gasteiger partial charge >= 0.3 is 0 Å². The molecule has 8 nitrogen and oxygen atoms in total. The lowest BCUT2D eigenvalue weighted by Gasteiger charge is -2.24. The molecule has 4 rings (SSSR count). The van der Waals surface area contributed by atoms with Crippen LogP contribution in [-0.2, 0) is 4.79 Å². The van der Waals surface area contributed by atoms with Crippen LogP contribution < -0.4 is 15.8 Å². The summed E-state index contributed by atoms with van der Waals surface area (Å²) in [6.45, 7) is 1.49. The normalized spacial score (nSPS) is 24.9. The summed E-state index contributed by atoms with van der Waals surface area (Å²) < 4.78 is 24.1. The Morgan fingerprint density at radius 2 is 2.21 bits per heavy atom. The Balaban J connectivity index is 1.33. The van der Waals surface area contributed by atoms with Crippen molar-refractivity contribution in [3.8, 4) is 5.75 Å². The number of methoxy groups -OCH3 is 1. The lowest BCUT2D eigenvalue weighted by molar-refractivity contribution is -0.133. The highest BCUT2D eigenvalue weighted by Crippen LogP contribution is 2.26. The molecule has 0 bridgehead atoms. The Labute approximate surface area is 167 Å². The van der Waals surface area contributed by atoms with E-state index in [4.69, 9.17) is 14.9 Å². The number of furan rings is 1. The Hall–Kier alpha value is -2.65. The molecule has 0 radical (unpaired) electrons. The van der Waals surface area contributed by atoms with E-state index in [2.05, 4.69) is 5.32 Å². The van der Waals surface area contributed by atoms with Gasteiger partial charge in [0.1, 0.15) is 23.8 Å². The van der Waals surface area contributed by atoms with Gasteiger partial charge in [0.25, 0.3) is 5.91 Å². The molecule has 0 saturated carbocycles. The Morgan fingerprint density at radius 1 is 1.38 bits per heavy atom. The number of carbonyl (C=O) groups is 2. The SMILES string of the molecule is COc1ccc2c(C(=O)N[C@H]3CCN(CC(=O)N4C[C@@H](F)C[C@H]4N)C3)coc2c1. The minimum Gasteiger partial charge on any atom is -0.497 e. The van der Waals surface area contributed by atoms with E-state index in [9.17, 15) is 14.0 Å². The number of hydrogen-bond acceptors (Lipinski definition) is 6. The Morgan fingerprint density at radius 3 is 2.93 bits per heavy atom. The summed E-state index contributed by atoms with van der Waals surface area (Å²) in [5.41, 5.74) is 6.88. The third kappa shape index (κ3) is 4.06. The highest BCUT2D eigenvalue weighted by molar-refractivity contribution is 6.06. The molecule has 0 aliphatic carbocycles. The minimum atomic E-state index is -1.05. The molecule has 2 aromatic rings. The third-order valence-electron chi connectivity index (χ3n) is 5.61. The molecular weight excluding hydrogens is 379 g/mol. The van der Waals surface area contributed by atoms with Gasteiger partial charge in [0.05, 0.1) is 31.9 Å². The van der Waals surface area contributed by atoms with Gasteiger partial charge < -0.3 is 25.1 Å². The maximum atomic E-state index is 13.4. The molecular formula is C20H25FN4O4. The standard InChI is InChI=1S/C20H25FN4O4/c1-28-14-2-3-15-16(11-29-17(15)7-14)20(27)23-13-4-5-24(9-13)10-19(26)25-8-12(21)6-18(25)22/h2-3,7,11-13,18H,4-6,8-10,22H2,1H3,(H,23,27)/t12-,13-,18-/m0/s1. The summed E-state index contributed by atoms with van der Waals surface area (Å²) in [5, 5.41) is 3.73. The predicted molar refractivity (Wildman–Crippen MR) is 104 cm³/mol. The number of nitrogens with zero attached hydrogens (tertiary/aromatic N) is 2. The van der Waals surface area contributed by atoms with Crippen LogP contribution in [0.2, 0.25) is 0 Å². The van der Waals surface area contributed by atoms with Crippen molar-refractivity contribution >= 4 is 22.8 Å². The fourth-order valence-corrected chi connectivity index (χ4v) is 4.05. The van der Waals surface area contributed by atoms with E-state index in [0.717, 1.165) is 11.8 Å². The number of benzene rings is 1. The quantitative estimate of drug-likeness (QED) is 0.774. The van der Waals surface area contributed by atoms with E-state index >= 15 is 0 Å². The van der Waals surface area contributed by atoms with Crippen molar-refractivity contribution in [2.45, 2.75) is 31.2 Å². The molecule has 2 aliphatic heterocycles. The summed E-state index contributed by atoms with van der Waals surface area (Å²) in [6.07, 6.45) is 0.764. The van der Waals surface area contributed by atoms with Crippen LogP contribution in [-0.4, -0.2) is 73.3 Å². The van der Waals surface area contributed by atoms with Crippen LogP contribution in [0.4, 0.5) is 4.39 Å². The van der Waals surface area contributed by atoms with Crippen LogP contribution in [0.25, 0.3) is 11.0 Å². The number of rotatable bonds is 5. The van der Waals surface area contributed by atoms with Gasteiger partial charge in [-0.25, -0.2) is 4.39 Å². The zero-order valence-electron chi connectivity index (χ0n) is 16.3. The fourth-order valence-electron chi connectivity index (χ4n) is 4.05. The number of ether oxygens (including phenoxy) is 1. The van der Waals surface area contributed by atoms with E-state index in [1.807, 2.05) is 4.90 Å². The first kappa shape index (κ1) is 19.7. The molecule has 29 heavy (non-hydrogen) atoms. The number of likely N-dealkylation sites (tertiary alicyclic amines) is 2. The summed E-state index contributed by atoms with van der Waals surface area (Å²) in [5.74, 6) is 0.278. The molecule has 9 heteroatoms. The van der Waals surface area contributed by atoms with Gasteiger partial charge in [-0.2, -0.15) is 0 Å².